The molecule has 0 spiro atoms. The van der Waals surface area contributed by atoms with Gasteiger partial charge in [-0.3, -0.25) is 9.59 Å². The summed E-state index contributed by atoms with van der Waals surface area (Å²) in [5.41, 5.74) is 9.63. The molecule has 5 rings (SSSR count). The molecule has 1 aliphatic heterocycles. The van der Waals surface area contributed by atoms with Gasteiger partial charge < -0.3 is 21.3 Å². The Bertz CT molecular complexity index is 1440. The fourth-order valence-corrected chi connectivity index (χ4v) is 4.23. The molecule has 0 aliphatic carbocycles. The summed E-state index contributed by atoms with van der Waals surface area (Å²) in [6.45, 7) is 4.06. The number of hydrogen-bond donors (Lipinski definition) is 3. The van der Waals surface area contributed by atoms with E-state index in [1.807, 2.05) is 62.4 Å². The average molecular weight is 479 g/mol. The van der Waals surface area contributed by atoms with Crippen LogP contribution in [0.25, 0.3) is 0 Å². The van der Waals surface area contributed by atoms with E-state index in [0.29, 0.717) is 23.5 Å². The second-order valence-corrected chi connectivity index (χ2v) is 9.20. The molecule has 0 unspecified atom stereocenters. The number of rotatable bonds is 4. The van der Waals surface area contributed by atoms with E-state index in [2.05, 4.69) is 20.6 Å². The maximum absolute atomic E-state index is 13.6. The van der Waals surface area contributed by atoms with Gasteiger partial charge in [-0.2, -0.15) is 0 Å². The van der Waals surface area contributed by atoms with Gasteiger partial charge in [0.2, 0.25) is 0 Å². The number of fused-ring (bicyclic) bond motifs is 2. The number of para-hydroxylation sites is 2. The normalized spacial score (nSPS) is 12.6. The molecule has 3 heterocycles. The van der Waals surface area contributed by atoms with Crippen molar-refractivity contribution in [3.8, 4) is 0 Å². The molecule has 2 aromatic carbocycles. The molecule has 0 atom stereocenters. The number of nitrogens with zero attached hydrogens (tertiary/aromatic N) is 3. The highest BCUT2D eigenvalue weighted by Gasteiger charge is 2.26. The molecule has 4 N–H and O–H groups in total. The van der Waals surface area contributed by atoms with E-state index < -0.39 is 5.54 Å². The molecule has 0 saturated carbocycles. The minimum atomic E-state index is -0.677. The smallest absolute Gasteiger partial charge is 0.260 e. The summed E-state index contributed by atoms with van der Waals surface area (Å²) >= 11 is 0. The lowest BCUT2D eigenvalue weighted by Gasteiger charge is -2.23. The van der Waals surface area contributed by atoms with Gasteiger partial charge in [-0.15, -0.1) is 0 Å². The van der Waals surface area contributed by atoms with Crippen LogP contribution in [0.4, 0.5) is 23.0 Å². The Hall–Kier alpha value is -4.56. The maximum atomic E-state index is 13.6. The summed E-state index contributed by atoms with van der Waals surface area (Å²) in [6, 6.07) is 21.9. The predicted octanol–water partition coefficient (Wildman–Crippen LogP) is 4.83. The van der Waals surface area contributed by atoms with E-state index in [0.717, 1.165) is 28.3 Å². The number of amides is 2. The molecule has 8 heteroatoms. The molecule has 1 aliphatic rings. The molecular formula is C28H26N6O2. The van der Waals surface area contributed by atoms with Crippen LogP contribution in [0.3, 0.4) is 0 Å². The van der Waals surface area contributed by atoms with E-state index in [1.54, 1.807) is 35.4 Å². The van der Waals surface area contributed by atoms with Crippen molar-refractivity contribution in [1.29, 1.82) is 0 Å². The fraction of sp³-hybridized carbons (Fsp3) is 0.143. The van der Waals surface area contributed by atoms with Gasteiger partial charge >= 0.3 is 0 Å². The lowest BCUT2D eigenvalue weighted by Crippen LogP contribution is -2.32. The lowest BCUT2D eigenvalue weighted by atomic mass is 9.90. The van der Waals surface area contributed by atoms with Crippen LogP contribution in [0, 0.1) is 0 Å². The Balaban J connectivity index is 1.39. The standard InChI is InChI=1S/C28H26N6O2/c1-28(2,29)21-10-4-3-9-20(21)26(35)33-24-14-13-18(16-31-24)27(36)34-17-19-8-7-15-30-25(19)32-22-11-5-6-12-23(22)34/h3-16H,17,29H2,1-2H3,(H,30,32)(H,31,33,35). The summed E-state index contributed by atoms with van der Waals surface area (Å²) < 4.78 is 0. The van der Waals surface area contributed by atoms with Crippen LogP contribution >= 0.6 is 0 Å². The number of aromatic nitrogens is 2. The Morgan fingerprint density at radius 2 is 1.75 bits per heavy atom. The van der Waals surface area contributed by atoms with Crippen molar-refractivity contribution in [2.45, 2.75) is 25.9 Å². The average Bonchev–Trinajstić information content (AvgIpc) is 3.05. The van der Waals surface area contributed by atoms with Crippen LogP contribution in [0.1, 0.15) is 45.7 Å². The minimum absolute atomic E-state index is 0.207. The number of pyridine rings is 2. The van der Waals surface area contributed by atoms with Gasteiger partial charge in [0.25, 0.3) is 11.8 Å². The first-order valence-electron chi connectivity index (χ1n) is 11.6. The zero-order chi connectivity index (χ0) is 25.3. The van der Waals surface area contributed by atoms with Gasteiger partial charge in [-0.05, 0) is 55.8 Å². The van der Waals surface area contributed by atoms with Crippen LogP contribution in [0.15, 0.2) is 85.2 Å². The highest BCUT2D eigenvalue weighted by molar-refractivity contribution is 6.09. The molecule has 180 valence electrons. The van der Waals surface area contributed by atoms with Gasteiger partial charge in [0.15, 0.2) is 0 Å². The molecule has 0 radical (unpaired) electrons. The zero-order valence-electron chi connectivity index (χ0n) is 20.0. The van der Waals surface area contributed by atoms with Crippen molar-refractivity contribution in [2.24, 2.45) is 5.73 Å². The van der Waals surface area contributed by atoms with Crippen molar-refractivity contribution in [3.63, 3.8) is 0 Å². The van der Waals surface area contributed by atoms with E-state index in [4.69, 9.17) is 5.73 Å². The monoisotopic (exact) mass is 478 g/mol. The summed E-state index contributed by atoms with van der Waals surface area (Å²) in [6.07, 6.45) is 3.19. The van der Waals surface area contributed by atoms with Crippen molar-refractivity contribution >= 4 is 34.8 Å². The van der Waals surface area contributed by atoms with Gasteiger partial charge in [-0.1, -0.05) is 36.4 Å². The quantitative estimate of drug-likeness (QED) is 0.387. The third kappa shape index (κ3) is 4.54. The van der Waals surface area contributed by atoms with Gasteiger partial charge in [0.05, 0.1) is 23.5 Å². The number of nitrogens with one attached hydrogen (secondary N) is 2. The Morgan fingerprint density at radius 3 is 2.53 bits per heavy atom. The van der Waals surface area contributed by atoms with Crippen molar-refractivity contribution < 1.29 is 9.59 Å². The van der Waals surface area contributed by atoms with Gasteiger partial charge in [-0.25, -0.2) is 9.97 Å². The highest BCUT2D eigenvalue weighted by atomic mass is 16.2. The number of carbonyl (C=O) groups is 2. The van der Waals surface area contributed by atoms with E-state index in [1.165, 1.54) is 6.20 Å². The number of anilines is 4. The molecule has 2 amide bonds. The Kier molecular flexibility index (Phi) is 5.95. The topological polar surface area (TPSA) is 113 Å². The van der Waals surface area contributed by atoms with Gasteiger partial charge in [0, 0.05) is 29.1 Å². The minimum Gasteiger partial charge on any atom is -0.338 e. The number of hydrogen-bond acceptors (Lipinski definition) is 6. The fourth-order valence-electron chi connectivity index (χ4n) is 4.23. The maximum Gasteiger partial charge on any atom is 0.260 e. The summed E-state index contributed by atoms with van der Waals surface area (Å²) in [5, 5.41) is 6.13. The first-order chi connectivity index (χ1) is 17.3. The third-order valence-electron chi connectivity index (χ3n) is 6.03. The van der Waals surface area contributed by atoms with Crippen molar-refractivity contribution in [3.05, 3.63) is 107 Å². The first kappa shape index (κ1) is 23.2. The van der Waals surface area contributed by atoms with E-state index >= 15 is 0 Å². The lowest BCUT2D eigenvalue weighted by molar-refractivity contribution is 0.0984. The summed E-state index contributed by atoms with van der Waals surface area (Å²) in [5.74, 6) is 0.542. The zero-order valence-corrected chi connectivity index (χ0v) is 20.0. The second-order valence-electron chi connectivity index (χ2n) is 9.20. The number of carbonyl (C=O) groups excluding carboxylic acids is 2. The Morgan fingerprint density at radius 1 is 0.972 bits per heavy atom. The molecule has 36 heavy (non-hydrogen) atoms. The number of benzene rings is 2. The molecule has 0 bridgehead atoms. The number of nitrogens with two attached hydrogens (primary N) is 1. The van der Waals surface area contributed by atoms with Crippen molar-refractivity contribution in [2.75, 3.05) is 15.5 Å². The Labute approximate surface area is 209 Å². The second kappa shape index (κ2) is 9.24. The van der Waals surface area contributed by atoms with E-state index in [9.17, 15) is 9.59 Å². The van der Waals surface area contributed by atoms with Crippen LogP contribution < -0.4 is 21.3 Å². The summed E-state index contributed by atoms with van der Waals surface area (Å²) in [4.78, 5) is 37.0. The van der Waals surface area contributed by atoms with Gasteiger partial charge in [0.1, 0.15) is 11.6 Å². The first-order valence-corrected chi connectivity index (χ1v) is 11.6. The third-order valence-corrected chi connectivity index (χ3v) is 6.03. The van der Waals surface area contributed by atoms with Crippen LogP contribution in [0.5, 0.6) is 0 Å². The molecule has 4 aromatic rings. The molecule has 0 fully saturated rings. The van der Waals surface area contributed by atoms with E-state index in [-0.39, 0.29) is 11.8 Å². The summed E-state index contributed by atoms with van der Waals surface area (Å²) in [7, 11) is 0. The molecule has 0 saturated heterocycles. The molecule has 2 aromatic heterocycles. The highest BCUT2D eigenvalue weighted by Crippen LogP contribution is 2.35. The van der Waals surface area contributed by atoms with Crippen molar-refractivity contribution in [1.82, 2.24) is 9.97 Å². The predicted molar refractivity (Wildman–Crippen MR) is 140 cm³/mol. The van der Waals surface area contributed by atoms with Crippen LogP contribution in [-0.2, 0) is 12.1 Å². The molecular weight excluding hydrogens is 452 g/mol. The van der Waals surface area contributed by atoms with Crippen LogP contribution in [-0.4, -0.2) is 21.8 Å². The SMILES string of the molecule is CC(C)(N)c1ccccc1C(=O)Nc1ccc(C(=O)N2Cc3cccnc3Nc3ccccc32)cn1. The largest absolute Gasteiger partial charge is 0.338 e. The molecule has 8 nitrogen and oxygen atoms in total. The van der Waals surface area contributed by atoms with Crippen LogP contribution in [0.2, 0.25) is 0 Å².